The summed E-state index contributed by atoms with van der Waals surface area (Å²) in [6.07, 6.45) is 4.87. The highest BCUT2D eigenvalue weighted by Crippen LogP contribution is 2.20. The molecule has 8 heteroatoms. The third-order valence-corrected chi connectivity index (χ3v) is 5.14. The molecule has 7 nitrogen and oxygen atoms in total. The molecule has 2 heterocycles. The zero-order chi connectivity index (χ0) is 22.5. The Kier molecular flexibility index (Phi) is 6.28. The highest BCUT2D eigenvalue weighted by molar-refractivity contribution is 6.32. The van der Waals surface area contributed by atoms with E-state index in [9.17, 15) is 9.59 Å². The van der Waals surface area contributed by atoms with Crippen molar-refractivity contribution < 1.29 is 9.59 Å². The first-order chi connectivity index (χ1) is 15.5. The van der Waals surface area contributed by atoms with Crippen molar-refractivity contribution in [1.29, 1.82) is 0 Å². The predicted molar refractivity (Wildman–Crippen MR) is 126 cm³/mol. The number of para-hydroxylation sites is 1. The number of aromatic nitrogens is 2. The minimum absolute atomic E-state index is 0.108. The number of nitrogens with one attached hydrogen (secondary N) is 2. The number of benzene rings is 2. The number of carbonyl (C=O) groups is 2. The van der Waals surface area contributed by atoms with Gasteiger partial charge in [0.1, 0.15) is 11.7 Å². The van der Waals surface area contributed by atoms with Crippen LogP contribution < -0.4 is 10.7 Å². The molecule has 4 aromatic rings. The average molecular weight is 446 g/mol. The van der Waals surface area contributed by atoms with Gasteiger partial charge < -0.3 is 9.88 Å². The molecular formula is C24H20ClN5O2. The SMILES string of the molecule is Cc1ccc(NC(=O)Cn2cc(C=NNC(=O)c3cccnc3Cl)c3ccccc32)cc1. The molecular weight excluding hydrogens is 426 g/mol. The van der Waals surface area contributed by atoms with Crippen molar-refractivity contribution in [1.82, 2.24) is 15.0 Å². The molecule has 0 atom stereocenters. The molecule has 0 saturated carbocycles. The Morgan fingerprint density at radius 1 is 1.09 bits per heavy atom. The van der Waals surface area contributed by atoms with Gasteiger partial charge in [0, 0.05) is 34.5 Å². The molecule has 4 rings (SSSR count). The van der Waals surface area contributed by atoms with E-state index in [1.54, 1.807) is 18.3 Å². The Bertz CT molecular complexity index is 1310. The standard InChI is InChI=1S/C24H20ClN5O2/c1-16-8-10-18(11-9-16)28-22(31)15-30-14-17(19-5-2-3-7-21(19)30)13-27-29-24(32)20-6-4-12-26-23(20)25/h2-14H,15H2,1H3,(H,28,31)(H,29,32). The van der Waals surface area contributed by atoms with Crippen LogP contribution in [0.3, 0.4) is 0 Å². The molecule has 160 valence electrons. The minimum atomic E-state index is -0.458. The van der Waals surface area contributed by atoms with E-state index in [-0.39, 0.29) is 23.2 Å². The summed E-state index contributed by atoms with van der Waals surface area (Å²) in [5, 5.41) is 7.98. The lowest BCUT2D eigenvalue weighted by Gasteiger charge is -2.07. The van der Waals surface area contributed by atoms with Gasteiger partial charge in [-0.2, -0.15) is 5.10 Å². The number of halogens is 1. The number of aryl methyl sites for hydroxylation is 1. The van der Waals surface area contributed by atoms with Crippen LogP contribution in [-0.2, 0) is 11.3 Å². The molecule has 0 aliphatic heterocycles. The van der Waals surface area contributed by atoms with Crippen LogP contribution in [-0.4, -0.2) is 27.6 Å². The molecule has 2 amide bonds. The lowest BCUT2D eigenvalue weighted by molar-refractivity contribution is -0.116. The average Bonchev–Trinajstić information content (AvgIpc) is 3.13. The van der Waals surface area contributed by atoms with Crippen LogP contribution in [0.5, 0.6) is 0 Å². The number of nitrogens with zero attached hydrogens (tertiary/aromatic N) is 3. The summed E-state index contributed by atoms with van der Waals surface area (Å²) in [6.45, 7) is 2.13. The van der Waals surface area contributed by atoms with E-state index >= 15 is 0 Å². The maximum atomic E-state index is 12.6. The molecule has 2 aromatic heterocycles. The van der Waals surface area contributed by atoms with Gasteiger partial charge in [0.05, 0.1) is 11.8 Å². The molecule has 0 spiro atoms. The quantitative estimate of drug-likeness (QED) is 0.262. The van der Waals surface area contributed by atoms with Crippen molar-refractivity contribution in [3.05, 3.63) is 94.9 Å². The van der Waals surface area contributed by atoms with Crippen LogP contribution >= 0.6 is 11.6 Å². The Morgan fingerprint density at radius 3 is 2.66 bits per heavy atom. The highest BCUT2D eigenvalue weighted by Gasteiger charge is 2.12. The fraction of sp³-hybridized carbons (Fsp3) is 0.0833. The molecule has 0 radical (unpaired) electrons. The second-order valence-corrected chi connectivity index (χ2v) is 7.54. The zero-order valence-electron chi connectivity index (χ0n) is 17.2. The number of hydrogen-bond donors (Lipinski definition) is 2. The maximum Gasteiger partial charge on any atom is 0.274 e. The fourth-order valence-electron chi connectivity index (χ4n) is 3.28. The van der Waals surface area contributed by atoms with Crippen LogP contribution in [0.25, 0.3) is 10.9 Å². The molecule has 2 aromatic carbocycles. The summed E-state index contributed by atoms with van der Waals surface area (Å²) >= 11 is 5.95. The van der Waals surface area contributed by atoms with Crippen molar-refractivity contribution in [2.75, 3.05) is 5.32 Å². The molecule has 0 saturated heterocycles. The predicted octanol–water partition coefficient (Wildman–Crippen LogP) is 4.40. The van der Waals surface area contributed by atoms with Gasteiger partial charge in [-0.25, -0.2) is 10.4 Å². The minimum Gasteiger partial charge on any atom is -0.337 e. The van der Waals surface area contributed by atoms with Gasteiger partial charge in [-0.3, -0.25) is 9.59 Å². The van der Waals surface area contributed by atoms with E-state index < -0.39 is 5.91 Å². The number of rotatable bonds is 6. The maximum absolute atomic E-state index is 12.6. The lowest BCUT2D eigenvalue weighted by atomic mass is 10.2. The fourth-order valence-corrected chi connectivity index (χ4v) is 3.48. The zero-order valence-corrected chi connectivity index (χ0v) is 18.0. The number of pyridine rings is 1. The third-order valence-electron chi connectivity index (χ3n) is 4.84. The van der Waals surface area contributed by atoms with E-state index in [1.165, 1.54) is 6.20 Å². The van der Waals surface area contributed by atoms with Gasteiger partial charge in [0.15, 0.2) is 0 Å². The molecule has 0 fully saturated rings. The van der Waals surface area contributed by atoms with Gasteiger partial charge in [0.25, 0.3) is 5.91 Å². The number of hydrogen-bond acceptors (Lipinski definition) is 4. The molecule has 0 aliphatic rings. The number of hydrazone groups is 1. The first-order valence-electron chi connectivity index (χ1n) is 9.89. The van der Waals surface area contributed by atoms with Gasteiger partial charge in [0.2, 0.25) is 5.91 Å². The number of anilines is 1. The van der Waals surface area contributed by atoms with Gasteiger partial charge in [-0.15, -0.1) is 0 Å². The lowest BCUT2D eigenvalue weighted by Crippen LogP contribution is -2.18. The Morgan fingerprint density at radius 2 is 1.88 bits per heavy atom. The topological polar surface area (TPSA) is 88.4 Å². The summed E-state index contributed by atoms with van der Waals surface area (Å²) < 4.78 is 1.85. The van der Waals surface area contributed by atoms with E-state index in [0.717, 1.165) is 27.7 Å². The molecule has 0 aliphatic carbocycles. The van der Waals surface area contributed by atoms with Gasteiger partial charge in [-0.1, -0.05) is 47.5 Å². The Labute approximate surface area is 189 Å². The smallest absolute Gasteiger partial charge is 0.274 e. The van der Waals surface area contributed by atoms with Crippen molar-refractivity contribution in [2.45, 2.75) is 13.5 Å². The van der Waals surface area contributed by atoms with E-state index in [2.05, 4.69) is 20.8 Å². The van der Waals surface area contributed by atoms with Crippen molar-refractivity contribution >= 4 is 46.2 Å². The van der Waals surface area contributed by atoms with E-state index in [1.807, 2.05) is 66.2 Å². The van der Waals surface area contributed by atoms with Crippen LogP contribution in [0, 0.1) is 6.92 Å². The van der Waals surface area contributed by atoms with Crippen LogP contribution in [0.1, 0.15) is 21.5 Å². The van der Waals surface area contributed by atoms with Gasteiger partial charge in [-0.05, 0) is 37.3 Å². The Hall–Kier alpha value is -3.97. The molecule has 2 N–H and O–H groups in total. The normalized spacial score (nSPS) is 11.1. The Balaban J connectivity index is 1.50. The van der Waals surface area contributed by atoms with Crippen molar-refractivity contribution in [3.63, 3.8) is 0 Å². The number of fused-ring (bicyclic) bond motifs is 1. The summed E-state index contributed by atoms with van der Waals surface area (Å²) in [4.78, 5) is 28.7. The summed E-state index contributed by atoms with van der Waals surface area (Å²) in [5.74, 6) is -0.599. The second kappa shape index (κ2) is 9.45. The first kappa shape index (κ1) is 21.3. The van der Waals surface area contributed by atoms with Crippen LogP contribution in [0.2, 0.25) is 5.15 Å². The number of carbonyl (C=O) groups excluding carboxylic acids is 2. The van der Waals surface area contributed by atoms with E-state index in [0.29, 0.717) is 0 Å². The highest BCUT2D eigenvalue weighted by atomic mass is 35.5. The largest absolute Gasteiger partial charge is 0.337 e. The van der Waals surface area contributed by atoms with E-state index in [4.69, 9.17) is 11.6 Å². The van der Waals surface area contributed by atoms with Gasteiger partial charge >= 0.3 is 0 Å². The summed E-state index contributed by atoms with van der Waals surface area (Å²) in [7, 11) is 0. The third kappa shape index (κ3) is 4.84. The molecule has 32 heavy (non-hydrogen) atoms. The summed E-state index contributed by atoms with van der Waals surface area (Å²) in [6, 6.07) is 18.5. The molecule has 0 unspecified atom stereocenters. The number of amides is 2. The van der Waals surface area contributed by atoms with Crippen LogP contribution in [0.15, 0.2) is 78.2 Å². The van der Waals surface area contributed by atoms with Crippen molar-refractivity contribution in [3.8, 4) is 0 Å². The second-order valence-electron chi connectivity index (χ2n) is 7.18. The van der Waals surface area contributed by atoms with Crippen molar-refractivity contribution in [2.24, 2.45) is 5.10 Å². The summed E-state index contributed by atoms with van der Waals surface area (Å²) in [5.41, 5.74) is 6.22. The monoisotopic (exact) mass is 445 g/mol. The first-order valence-corrected chi connectivity index (χ1v) is 10.3. The molecule has 0 bridgehead atoms. The van der Waals surface area contributed by atoms with Crippen LogP contribution in [0.4, 0.5) is 5.69 Å².